The second kappa shape index (κ2) is 4.62. The fraction of sp³-hybridized carbons (Fsp3) is 0.308. The number of benzene rings is 1. The average Bonchev–Trinajstić information content (AvgIpc) is 2.96. The Labute approximate surface area is 115 Å². The quantitative estimate of drug-likeness (QED) is 0.908. The Bertz CT molecular complexity index is 625. The molecule has 98 valence electrons. The minimum Gasteiger partial charge on any atom is -0.374 e. The number of carbonyl (C=O) groups is 1. The van der Waals surface area contributed by atoms with Gasteiger partial charge in [-0.2, -0.15) is 0 Å². The minimum atomic E-state index is 0.0990. The normalized spacial score (nSPS) is 19.1. The van der Waals surface area contributed by atoms with Gasteiger partial charge in [-0.1, -0.05) is 29.5 Å². The molecule has 0 spiro atoms. The highest BCUT2D eigenvalue weighted by molar-refractivity contribution is 7.15. The summed E-state index contributed by atoms with van der Waals surface area (Å²) in [7, 11) is 0. The van der Waals surface area contributed by atoms with Gasteiger partial charge >= 0.3 is 0 Å². The Kier molecular flexibility index (Phi) is 2.94. The molecule has 1 atom stereocenters. The molecule has 2 aromatic rings. The molecule has 0 bridgehead atoms. The van der Waals surface area contributed by atoms with E-state index in [1.54, 1.807) is 0 Å². The van der Waals surface area contributed by atoms with E-state index >= 15 is 0 Å². The van der Waals surface area contributed by atoms with Crippen molar-refractivity contribution in [3.05, 3.63) is 34.8 Å². The van der Waals surface area contributed by atoms with E-state index in [1.165, 1.54) is 11.3 Å². The molecule has 2 N–H and O–H groups in total. The first-order valence-corrected chi connectivity index (χ1v) is 6.91. The number of para-hydroxylation sites is 1. The summed E-state index contributed by atoms with van der Waals surface area (Å²) in [6.45, 7) is 2.66. The van der Waals surface area contributed by atoms with Crippen molar-refractivity contribution in [2.24, 2.45) is 0 Å². The van der Waals surface area contributed by atoms with Gasteiger partial charge in [-0.05, 0) is 18.6 Å². The lowest BCUT2D eigenvalue weighted by Crippen LogP contribution is -2.25. The predicted molar refractivity (Wildman–Crippen MR) is 75.2 cm³/mol. The maximum atomic E-state index is 12.2. The van der Waals surface area contributed by atoms with Crippen LogP contribution in [-0.4, -0.2) is 22.6 Å². The number of aromatic nitrogens is 2. The van der Waals surface area contributed by atoms with Crippen molar-refractivity contribution in [1.29, 1.82) is 0 Å². The highest BCUT2D eigenvalue weighted by Gasteiger charge is 2.34. The summed E-state index contributed by atoms with van der Waals surface area (Å²) in [5, 5.41) is 9.17. The maximum absolute atomic E-state index is 12.2. The molecule has 2 heterocycles. The van der Waals surface area contributed by atoms with Crippen molar-refractivity contribution < 1.29 is 4.79 Å². The summed E-state index contributed by atoms with van der Waals surface area (Å²) < 4.78 is 0. The first-order chi connectivity index (χ1) is 9.15. The van der Waals surface area contributed by atoms with Crippen LogP contribution in [0.1, 0.15) is 22.9 Å². The van der Waals surface area contributed by atoms with E-state index in [1.807, 2.05) is 36.1 Å². The van der Waals surface area contributed by atoms with Crippen LogP contribution in [0.15, 0.2) is 24.3 Å². The number of rotatable bonds is 2. The average molecular weight is 274 g/mol. The molecule has 1 aliphatic rings. The van der Waals surface area contributed by atoms with Crippen LogP contribution in [0.3, 0.4) is 0 Å². The SMILES string of the molecule is Cc1ccccc1N1C[C@@H](c2nnc(N)s2)CC1=O. The number of nitrogens with two attached hydrogens (primary N) is 1. The Balaban J connectivity index is 1.86. The second-order valence-corrected chi connectivity index (χ2v) is 5.71. The summed E-state index contributed by atoms with van der Waals surface area (Å²) in [6.07, 6.45) is 0.475. The highest BCUT2D eigenvalue weighted by atomic mass is 32.1. The van der Waals surface area contributed by atoms with Crippen molar-refractivity contribution >= 4 is 28.1 Å². The summed E-state index contributed by atoms with van der Waals surface area (Å²) in [4.78, 5) is 14.0. The molecule has 0 radical (unpaired) electrons. The van der Waals surface area contributed by atoms with E-state index in [-0.39, 0.29) is 11.8 Å². The lowest BCUT2D eigenvalue weighted by atomic mass is 10.1. The largest absolute Gasteiger partial charge is 0.374 e. The predicted octanol–water partition coefficient (Wildman–Crippen LogP) is 1.95. The van der Waals surface area contributed by atoms with E-state index < -0.39 is 0 Å². The molecule has 5 nitrogen and oxygen atoms in total. The van der Waals surface area contributed by atoms with E-state index in [2.05, 4.69) is 10.2 Å². The van der Waals surface area contributed by atoms with Crippen LogP contribution in [0, 0.1) is 6.92 Å². The van der Waals surface area contributed by atoms with Crippen molar-refractivity contribution in [2.45, 2.75) is 19.3 Å². The van der Waals surface area contributed by atoms with Gasteiger partial charge < -0.3 is 10.6 Å². The molecule has 1 fully saturated rings. The van der Waals surface area contributed by atoms with Gasteiger partial charge in [0.05, 0.1) is 0 Å². The number of amides is 1. The number of hydrogen-bond donors (Lipinski definition) is 1. The van der Waals surface area contributed by atoms with Crippen molar-refractivity contribution in [3.63, 3.8) is 0 Å². The Morgan fingerprint density at radius 3 is 2.84 bits per heavy atom. The van der Waals surface area contributed by atoms with E-state index in [9.17, 15) is 4.79 Å². The number of hydrogen-bond acceptors (Lipinski definition) is 5. The van der Waals surface area contributed by atoms with Crippen LogP contribution in [0.5, 0.6) is 0 Å². The fourth-order valence-corrected chi connectivity index (χ4v) is 3.09. The Hall–Kier alpha value is -1.95. The van der Waals surface area contributed by atoms with E-state index in [0.717, 1.165) is 16.3 Å². The van der Waals surface area contributed by atoms with Crippen molar-refractivity contribution in [1.82, 2.24) is 10.2 Å². The third-order valence-electron chi connectivity index (χ3n) is 3.34. The zero-order valence-corrected chi connectivity index (χ0v) is 11.4. The lowest BCUT2D eigenvalue weighted by molar-refractivity contribution is -0.117. The summed E-state index contributed by atoms with van der Waals surface area (Å²) in [5.41, 5.74) is 7.68. The van der Waals surface area contributed by atoms with Gasteiger partial charge in [0, 0.05) is 24.6 Å². The molecule has 1 aromatic heterocycles. The van der Waals surface area contributed by atoms with E-state index in [4.69, 9.17) is 5.73 Å². The molecule has 6 heteroatoms. The van der Waals surface area contributed by atoms with Crippen LogP contribution < -0.4 is 10.6 Å². The van der Waals surface area contributed by atoms with Gasteiger partial charge in [0.15, 0.2) is 0 Å². The summed E-state index contributed by atoms with van der Waals surface area (Å²) in [5.74, 6) is 0.231. The van der Waals surface area contributed by atoms with Crippen LogP contribution in [0.2, 0.25) is 0 Å². The third-order valence-corrected chi connectivity index (χ3v) is 4.25. The molecule has 1 saturated heterocycles. The van der Waals surface area contributed by atoms with Crippen LogP contribution in [-0.2, 0) is 4.79 Å². The fourth-order valence-electron chi connectivity index (χ4n) is 2.38. The summed E-state index contributed by atoms with van der Waals surface area (Å²) >= 11 is 1.37. The van der Waals surface area contributed by atoms with Crippen molar-refractivity contribution in [2.75, 3.05) is 17.2 Å². The second-order valence-electron chi connectivity index (χ2n) is 4.67. The van der Waals surface area contributed by atoms with Gasteiger partial charge in [0.25, 0.3) is 0 Å². The number of carbonyl (C=O) groups excluding carboxylic acids is 1. The van der Waals surface area contributed by atoms with Gasteiger partial charge in [-0.25, -0.2) is 0 Å². The molecule has 1 aromatic carbocycles. The first-order valence-electron chi connectivity index (χ1n) is 6.10. The molecular formula is C13H14N4OS. The molecule has 1 amide bonds. The number of aryl methyl sites for hydroxylation is 1. The topological polar surface area (TPSA) is 72.1 Å². The molecule has 19 heavy (non-hydrogen) atoms. The third kappa shape index (κ3) is 2.19. The monoisotopic (exact) mass is 274 g/mol. The number of anilines is 2. The zero-order valence-electron chi connectivity index (χ0n) is 10.5. The molecule has 0 unspecified atom stereocenters. The standard InChI is InChI=1S/C13H14N4OS/c1-8-4-2-3-5-10(8)17-7-9(6-11(17)18)12-15-16-13(14)19-12/h2-5,9H,6-7H2,1H3,(H2,14,16)/t9-/m0/s1. The first kappa shape index (κ1) is 12.1. The van der Waals surface area contributed by atoms with Gasteiger partial charge in [-0.15, -0.1) is 10.2 Å². The van der Waals surface area contributed by atoms with Gasteiger partial charge in [0.2, 0.25) is 11.0 Å². The lowest BCUT2D eigenvalue weighted by Gasteiger charge is -2.18. The van der Waals surface area contributed by atoms with Gasteiger partial charge in [0.1, 0.15) is 5.01 Å². The minimum absolute atomic E-state index is 0.0990. The van der Waals surface area contributed by atoms with Crippen LogP contribution in [0.4, 0.5) is 10.8 Å². The van der Waals surface area contributed by atoms with Gasteiger partial charge in [-0.3, -0.25) is 4.79 Å². The molecule has 0 saturated carbocycles. The Morgan fingerprint density at radius 1 is 1.37 bits per heavy atom. The number of nitrogens with zero attached hydrogens (tertiary/aromatic N) is 3. The molecule has 0 aliphatic carbocycles. The highest BCUT2D eigenvalue weighted by Crippen LogP contribution is 2.34. The van der Waals surface area contributed by atoms with E-state index in [0.29, 0.717) is 18.1 Å². The maximum Gasteiger partial charge on any atom is 0.227 e. The van der Waals surface area contributed by atoms with Crippen LogP contribution in [0.25, 0.3) is 0 Å². The Morgan fingerprint density at radius 2 is 2.16 bits per heavy atom. The van der Waals surface area contributed by atoms with Crippen molar-refractivity contribution in [3.8, 4) is 0 Å². The number of nitrogen functional groups attached to an aromatic ring is 1. The molecule has 3 rings (SSSR count). The summed E-state index contributed by atoms with van der Waals surface area (Å²) in [6, 6.07) is 7.91. The van der Waals surface area contributed by atoms with Crippen LogP contribution >= 0.6 is 11.3 Å². The molecular weight excluding hydrogens is 260 g/mol. The zero-order chi connectivity index (χ0) is 13.4. The smallest absolute Gasteiger partial charge is 0.227 e. The molecule has 1 aliphatic heterocycles.